The number of hydrogen-bond acceptors (Lipinski definition) is 7. The summed E-state index contributed by atoms with van der Waals surface area (Å²) in [4.78, 5) is 39.4. The Morgan fingerprint density at radius 1 is 1.11 bits per heavy atom. The molecule has 8 nitrogen and oxygen atoms in total. The fourth-order valence-corrected chi connectivity index (χ4v) is 5.67. The molecule has 1 aromatic heterocycles. The minimum atomic E-state index is -0.620. The van der Waals surface area contributed by atoms with Crippen molar-refractivity contribution in [3.8, 4) is 0 Å². The molecule has 3 unspecified atom stereocenters. The number of rotatable bonds is 5. The first-order valence-electron chi connectivity index (χ1n) is 12.4. The first kappa shape index (κ1) is 25.2. The molecule has 0 amide bonds. The lowest BCUT2D eigenvalue weighted by molar-refractivity contribution is -0.145. The van der Waals surface area contributed by atoms with E-state index in [0.29, 0.717) is 25.9 Å². The number of fused-ring (bicyclic) bond motifs is 5. The third kappa shape index (κ3) is 5.37. The van der Waals surface area contributed by atoms with Gasteiger partial charge in [0.05, 0.1) is 31.0 Å². The number of ether oxygens (including phenoxy) is 3. The summed E-state index contributed by atoms with van der Waals surface area (Å²) in [6.45, 7) is 8.99. The number of hydrogen-bond donors (Lipinski definition) is 0. The van der Waals surface area contributed by atoms with Crippen LogP contribution in [-0.2, 0) is 30.2 Å². The SMILES string of the molecule is COC(=O)CC1CC2c3c(c4ccccc4n3C(=O)OC(C)(C)C)CCN2CC1CCOC(C)=O. The van der Waals surface area contributed by atoms with Crippen molar-refractivity contribution in [2.45, 2.75) is 65.0 Å². The molecular formula is C27H36N2O6. The standard InChI is InChI=1S/C27H36N2O6/c1-17(30)34-13-11-18-16-28-12-10-21-20-8-6-7-9-22(20)29(26(32)35-27(2,3)4)25(21)23(28)14-19(18)15-24(31)33-5/h6-9,18-19,23H,10-16H2,1-5H3. The molecule has 1 saturated heterocycles. The van der Waals surface area contributed by atoms with Gasteiger partial charge >= 0.3 is 18.0 Å². The second-order valence-corrected chi connectivity index (χ2v) is 10.6. The summed E-state index contributed by atoms with van der Waals surface area (Å²) in [6, 6.07) is 7.97. The number of piperidine rings is 1. The molecule has 35 heavy (non-hydrogen) atoms. The van der Waals surface area contributed by atoms with Gasteiger partial charge in [-0.3, -0.25) is 14.5 Å². The highest BCUT2D eigenvalue weighted by molar-refractivity contribution is 5.94. The normalized spacial score (nSPS) is 22.3. The molecule has 1 fully saturated rings. The van der Waals surface area contributed by atoms with Crippen LogP contribution in [0.5, 0.6) is 0 Å². The highest BCUT2D eigenvalue weighted by Gasteiger charge is 2.43. The maximum atomic E-state index is 13.5. The lowest BCUT2D eigenvalue weighted by Crippen LogP contribution is -2.47. The Morgan fingerprint density at radius 2 is 1.86 bits per heavy atom. The van der Waals surface area contributed by atoms with Gasteiger partial charge in [-0.1, -0.05) is 18.2 Å². The Bertz CT molecular complexity index is 1110. The summed E-state index contributed by atoms with van der Waals surface area (Å²) in [6.07, 6.45) is 2.16. The summed E-state index contributed by atoms with van der Waals surface area (Å²) in [5, 5.41) is 1.08. The average Bonchev–Trinajstić information content (AvgIpc) is 3.13. The van der Waals surface area contributed by atoms with Gasteiger partial charge in [-0.15, -0.1) is 0 Å². The van der Waals surface area contributed by atoms with Crippen molar-refractivity contribution in [1.82, 2.24) is 9.47 Å². The predicted octanol–water partition coefficient (Wildman–Crippen LogP) is 4.48. The van der Waals surface area contributed by atoms with Crippen LogP contribution in [0.25, 0.3) is 10.9 Å². The number of aromatic nitrogens is 1. The van der Waals surface area contributed by atoms with Crippen LogP contribution in [0.2, 0.25) is 0 Å². The molecular weight excluding hydrogens is 448 g/mol. The van der Waals surface area contributed by atoms with Gasteiger partial charge in [-0.2, -0.15) is 0 Å². The monoisotopic (exact) mass is 484 g/mol. The van der Waals surface area contributed by atoms with Gasteiger partial charge in [0.1, 0.15) is 5.60 Å². The zero-order valence-corrected chi connectivity index (χ0v) is 21.3. The molecule has 2 aliphatic rings. The maximum absolute atomic E-state index is 13.5. The van der Waals surface area contributed by atoms with Crippen LogP contribution in [0.3, 0.4) is 0 Å². The molecule has 0 bridgehead atoms. The maximum Gasteiger partial charge on any atom is 0.419 e. The van der Waals surface area contributed by atoms with Crippen molar-refractivity contribution >= 4 is 28.9 Å². The van der Waals surface area contributed by atoms with Crippen LogP contribution >= 0.6 is 0 Å². The van der Waals surface area contributed by atoms with Crippen LogP contribution < -0.4 is 0 Å². The Morgan fingerprint density at radius 3 is 2.54 bits per heavy atom. The number of benzene rings is 1. The van der Waals surface area contributed by atoms with E-state index in [0.717, 1.165) is 36.1 Å². The molecule has 0 radical (unpaired) electrons. The number of para-hydroxylation sites is 1. The topological polar surface area (TPSA) is 87.1 Å². The second kappa shape index (κ2) is 10.0. The Kier molecular flexibility index (Phi) is 7.22. The second-order valence-electron chi connectivity index (χ2n) is 10.6. The lowest BCUT2D eigenvalue weighted by atomic mass is 9.75. The quantitative estimate of drug-likeness (QED) is 0.457. The Balaban J connectivity index is 1.72. The molecule has 0 aliphatic carbocycles. The van der Waals surface area contributed by atoms with Crippen LogP contribution in [0, 0.1) is 11.8 Å². The smallest absolute Gasteiger partial charge is 0.419 e. The molecule has 4 rings (SSSR count). The third-order valence-electron chi connectivity index (χ3n) is 7.11. The van der Waals surface area contributed by atoms with Gasteiger partial charge in [0.25, 0.3) is 0 Å². The molecule has 0 N–H and O–H groups in total. The van der Waals surface area contributed by atoms with Crippen molar-refractivity contribution in [2.24, 2.45) is 11.8 Å². The van der Waals surface area contributed by atoms with E-state index < -0.39 is 5.60 Å². The fraction of sp³-hybridized carbons (Fsp3) is 0.593. The van der Waals surface area contributed by atoms with Gasteiger partial charge in [0.15, 0.2) is 0 Å². The minimum Gasteiger partial charge on any atom is -0.469 e. The Labute approximate surface area is 206 Å². The number of nitrogens with zero attached hydrogens (tertiary/aromatic N) is 2. The Hall–Kier alpha value is -2.87. The summed E-state index contributed by atoms with van der Waals surface area (Å²) < 4.78 is 17.8. The highest BCUT2D eigenvalue weighted by Crippen LogP contribution is 2.46. The summed E-state index contributed by atoms with van der Waals surface area (Å²) in [5.41, 5.74) is 2.39. The number of esters is 2. The molecule has 1 aromatic carbocycles. The van der Waals surface area contributed by atoms with Gasteiger partial charge in [-0.05, 0) is 63.5 Å². The summed E-state index contributed by atoms with van der Waals surface area (Å²) in [5.74, 6) is -0.307. The van der Waals surface area contributed by atoms with Crippen LogP contribution in [0.15, 0.2) is 24.3 Å². The first-order valence-corrected chi connectivity index (χ1v) is 12.4. The van der Waals surface area contributed by atoms with E-state index in [4.69, 9.17) is 14.2 Å². The predicted molar refractivity (Wildman–Crippen MR) is 131 cm³/mol. The minimum absolute atomic E-state index is 0.0155. The molecule has 2 aliphatic heterocycles. The summed E-state index contributed by atoms with van der Waals surface area (Å²) >= 11 is 0. The average molecular weight is 485 g/mol. The zero-order valence-electron chi connectivity index (χ0n) is 21.3. The van der Waals surface area contributed by atoms with Gasteiger partial charge in [0, 0.05) is 31.8 Å². The summed E-state index contributed by atoms with van der Waals surface area (Å²) in [7, 11) is 1.41. The number of methoxy groups -OCH3 is 1. The molecule has 190 valence electrons. The zero-order chi connectivity index (χ0) is 25.3. The van der Waals surface area contributed by atoms with Gasteiger partial charge in [-0.25, -0.2) is 9.36 Å². The molecule has 3 atom stereocenters. The van der Waals surface area contributed by atoms with E-state index in [1.165, 1.54) is 19.6 Å². The van der Waals surface area contributed by atoms with E-state index in [-0.39, 0.29) is 35.9 Å². The molecule has 2 aromatic rings. The van der Waals surface area contributed by atoms with E-state index in [2.05, 4.69) is 11.0 Å². The lowest BCUT2D eigenvalue weighted by Gasteiger charge is -2.46. The van der Waals surface area contributed by atoms with Crippen molar-refractivity contribution in [3.63, 3.8) is 0 Å². The van der Waals surface area contributed by atoms with Crippen molar-refractivity contribution < 1.29 is 28.6 Å². The van der Waals surface area contributed by atoms with E-state index in [1.54, 1.807) is 4.57 Å². The van der Waals surface area contributed by atoms with E-state index >= 15 is 0 Å². The van der Waals surface area contributed by atoms with Crippen molar-refractivity contribution in [3.05, 3.63) is 35.5 Å². The van der Waals surface area contributed by atoms with Crippen LogP contribution in [0.1, 0.15) is 64.3 Å². The molecule has 8 heteroatoms. The first-order chi connectivity index (χ1) is 16.6. The van der Waals surface area contributed by atoms with Crippen molar-refractivity contribution in [2.75, 3.05) is 26.8 Å². The van der Waals surface area contributed by atoms with E-state index in [1.807, 2.05) is 39.0 Å². The van der Waals surface area contributed by atoms with Gasteiger partial charge in [0.2, 0.25) is 0 Å². The van der Waals surface area contributed by atoms with E-state index in [9.17, 15) is 14.4 Å². The number of carbonyl (C=O) groups excluding carboxylic acids is 3. The molecule has 0 saturated carbocycles. The third-order valence-corrected chi connectivity index (χ3v) is 7.11. The molecule has 3 heterocycles. The highest BCUT2D eigenvalue weighted by atomic mass is 16.6. The van der Waals surface area contributed by atoms with Crippen LogP contribution in [-0.4, -0.2) is 59.9 Å². The largest absolute Gasteiger partial charge is 0.469 e. The fourth-order valence-electron chi connectivity index (χ4n) is 5.67. The molecule has 0 spiro atoms. The van der Waals surface area contributed by atoms with Crippen molar-refractivity contribution in [1.29, 1.82) is 0 Å². The number of carbonyl (C=O) groups is 3. The van der Waals surface area contributed by atoms with Gasteiger partial charge < -0.3 is 14.2 Å². The van der Waals surface area contributed by atoms with Crippen LogP contribution in [0.4, 0.5) is 4.79 Å².